The van der Waals surface area contributed by atoms with Crippen LogP contribution in [0.1, 0.15) is 35.5 Å². The number of anilines is 2. The molecule has 21 heavy (non-hydrogen) atoms. The van der Waals surface area contributed by atoms with Crippen molar-refractivity contribution in [1.82, 2.24) is 9.78 Å². The normalized spacial score (nSPS) is 19.8. The van der Waals surface area contributed by atoms with Gasteiger partial charge >= 0.3 is 0 Å². The lowest BCUT2D eigenvalue weighted by molar-refractivity contribution is -0.118. The van der Waals surface area contributed by atoms with Gasteiger partial charge in [-0.25, -0.2) is 0 Å². The van der Waals surface area contributed by atoms with Crippen molar-refractivity contribution in [3.8, 4) is 0 Å². The van der Waals surface area contributed by atoms with E-state index < -0.39 is 0 Å². The molecular weight excluding hydrogens is 284 g/mol. The minimum Gasteiger partial charge on any atom is -0.339 e. The van der Waals surface area contributed by atoms with Gasteiger partial charge in [0.1, 0.15) is 11.7 Å². The topological polar surface area (TPSA) is 50.2 Å². The van der Waals surface area contributed by atoms with E-state index in [0.717, 1.165) is 48.6 Å². The second kappa shape index (κ2) is 4.59. The highest BCUT2D eigenvalue weighted by Crippen LogP contribution is 2.44. The lowest BCUT2D eigenvalue weighted by atomic mass is 9.97. The van der Waals surface area contributed by atoms with Gasteiger partial charge in [0.05, 0.1) is 5.69 Å². The Morgan fingerprint density at radius 1 is 1.52 bits per heavy atom. The van der Waals surface area contributed by atoms with E-state index >= 15 is 0 Å². The van der Waals surface area contributed by atoms with Crippen LogP contribution >= 0.6 is 11.3 Å². The number of nitrogens with one attached hydrogen (secondary N) is 1. The Bertz CT molecular complexity index is 717. The molecule has 110 valence electrons. The van der Waals surface area contributed by atoms with Gasteiger partial charge in [-0.3, -0.25) is 9.48 Å². The van der Waals surface area contributed by atoms with Crippen molar-refractivity contribution in [1.29, 1.82) is 0 Å². The first kappa shape index (κ1) is 12.9. The predicted octanol–water partition coefficient (Wildman–Crippen LogP) is 2.49. The minimum absolute atomic E-state index is 0.0761. The number of hydrogen-bond donors (Lipinski definition) is 1. The number of fused-ring (bicyclic) bond motifs is 5. The third-order valence-electron chi connectivity index (χ3n) is 4.31. The highest BCUT2D eigenvalue weighted by molar-refractivity contribution is 7.10. The Balaban J connectivity index is 1.85. The second-order valence-electron chi connectivity index (χ2n) is 5.65. The summed E-state index contributed by atoms with van der Waals surface area (Å²) in [5, 5.41) is 9.80. The molecule has 0 aromatic carbocycles. The fourth-order valence-corrected chi connectivity index (χ4v) is 4.36. The Kier molecular flexibility index (Phi) is 2.82. The van der Waals surface area contributed by atoms with Gasteiger partial charge in [-0.15, -0.1) is 11.3 Å². The molecular formula is C15H18N4OS. The molecule has 5 nitrogen and oxygen atoms in total. The molecule has 0 saturated heterocycles. The molecule has 6 heteroatoms. The molecule has 1 atom stereocenters. The number of amides is 1. The third-order valence-corrected chi connectivity index (χ3v) is 5.31. The summed E-state index contributed by atoms with van der Waals surface area (Å²) in [5.41, 5.74) is 3.07. The van der Waals surface area contributed by atoms with Crippen LogP contribution in [0.5, 0.6) is 0 Å². The van der Waals surface area contributed by atoms with Crippen LogP contribution in [0.2, 0.25) is 0 Å². The molecule has 0 spiro atoms. The van der Waals surface area contributed by atoms with Crippen molar-refractivity contribution in [2.45, 2.75) is 32.2 Å². The van der Waals surface area contributed by atoms with Crippen LogP contribution in [-0.2, 0) is 24.7 Å². The van der Waals surface area contributed by atoms with Gasteiger partial charge in [-0.1, -0.05) is 13.3 Å². The number of aryl methyl sites for hydroxylation is 2. The maximum Gasteiger partial charge on any atom is 0.251 e. The Morgan fingerprint density at radius 2 is 2.38 bits per heavy atom. The van der Waals surface area contributed by atoms with E-state index in [4.69, 9.17) is 0 Å². The number of carbonyl (C=O) groups excluding carboxylic acids is 1. The molecule has 4 heterocycles. The molecule has 0 bridgehead atoms. The van der Waals surface area contributed by atoms with E-state index in [2.05, 4.69) is 33.7 Å². The molecule has 2 aliphatic heterocycles. The van der Waals surface area contributed by atoms with E-state index in [-0.39, 0.29) is 11.9 Å². The van der Waals surface area contributed by atoms with Gasteiger partial charge in [0.25, 0.3) is 5.91 Å². The molecule has 0 fully saturated rings. The monoisotopic (exact) mass is 302 g/mol. The van der Waals surface area contributed by atoms with Crippen LogP contribution in [-0.4, -0.2) is 22.2 Å². The summed E-state index contributed by atoms with van der Waals surface area (Å²) in [6.07, 6.45) is 2.92. The van der Waals surface area contributed by atoms with E-state index in [1.165, 1.54) is 4.88 Å². The van der Waals surface area contributed by atoms with Gasteiger partial charge in [0.15, 0.2) is 5.82 Å². The third kappa shape index (κ3) is 1.75. The summed E-state index contributed by atoms with van der Waals surface area (Å²) >= 11 is 1.75. The Hall–Kier alpha value is -1.82. The van der Waals surface area contributed by atoms with Crippen molar-refractivity contribution < 1.29 is 4.79 Å². The van der Waals surface area contributed by atoms with E-state index in [9.17, 15) is 4.79 Å². The van der Waals surface area contributed by atoms with E-state index in [1.807, 2.05) is 11.7 Å². The number of hydrogen-bond acceptors (Lipinski definition) is 4. The average Bonchev–Trinajstić information content (AvgIpc) is 3.04. The summed E-state index contributed by atoms with van der Waals surface area (Å²) in [4.78, 5) is 16.2. The van der Waals surface area contributed by atoms with Crippen molar-refractivity contribution in [3.05, 3.63) is 27.6 Å². The van der Waals surface area contributed by atoms with Crippen molar-refractivity contribution in [3.63, 3.8) is 0 Å². The maximum atomic E-state index is 12.6. The lowest BCUT2D eigenvalue weighted by Gasteiger charge is -2.39. The lowest BCUT2D eigenvalue weighted by Crippen LogP contribution is -2.45. The van der Waals surface area contributed by atoms with Crippen LogP contribution in [0.4, 0.5) is 11.5 Å². The molecule has 0 aliphatic carbocycles. The molecule has 2 aromatic rings. The zero-order valence-electron chi connectivity index (χ0n) is 12.2. The summed E-state index contributed by atoms with van der Waals surface area (Å²) in [6, 6.07) is 1.89. The predicted molar refractivity (Wildman–Crippen MR) is 83.9 cm³/mol. The van der Waals surface area contributed by atoms with Gasteiger partial charge in [0, 0.05) is 18.5 Å². The minimum atomic E-state index is -0.197. The second-order valence-corrected chi connectivity index (χ2v) is 6.65. The molecule has 0 radical (unpaired) electrons. The first-order chi connectivity index (χ1) is 10.2. The Labute approximate surface area is 127 Å². The molecule has 2 aromatic heterocycles. The average molecular weight is 302 g/mol. The SMILES string of the molecule is CCCc1nn(C)c2c1NC(=O)C1c3ccsc3CCN21. The molecule has 1 unspecified atom stereocenters. The first-order valence-corrected chi connectivity index (χ1v) is 8.28. The zero-order chi connectivity index (χ0) is 14.6. The smallest absolute Gasteiger partial charge is 0.251 e. The number of rotatable bonds is 2. The van der Waals surface area contributed by atoms with Crippen molar-refractivity contribution in [2.75, 3.05) is 16.8 Å². The van der Waals surface area contributed by atoms with Gasteiger partial charge in [-0.2, -0.15) is 5.10 Å². The quantitative estimate of drug-likeness (QED) is 0.927. The van der Waals surface area contributed by atoms with Crippen molar-refractivity contribution >= 4 is 28.7 Å². The van der Waals surface area contributed by atoms with Crippen LogP contribution in [0.25, 0.3) is 0 Å². The number of carbonyl (C=O) groups is 1. The summed E-state index contributed by atoms with van der Waals surface area (Å²) in [7, 11) is 1.97. The van der Waals surface area contributed by atoms with Gasteiger partial charge in [0.2, 0.25) is 0 Å². The molecule has 1 amide bonds. The standard InChI is InChI=1S/C15H18N4OS/c1-3-4-10-12-15(18(2)17-10)19-7-5-11-9(6-8-21-11)13(19)14(20)16-12/h6,8,13H,3-5,7H2,1-2H3,(H,16,20). The first-order valence-electron chi connectivity index (χ1n) is 7.40. The molecule has 0 saturated carbocycles. The molecule has 4 rings (SSSR count). The van der Waals surface area contributed by atoms with Crippen LogP contribution in [0.15, 0.2) is 11.4 Å². The van der Waals surface area contributed by atoms with Crippen LogP contribution in [0.3, 0.4) is 0 Å². The fourth-order valence-electron chi connectivity index (χ4n) is 3.46. The van der Waals surface area contributed by atoms with Gasteiger partial charge in [-0.05, 0) is 29.9 Å². The van der Waals surface area contributed by atoms with Crippen LogP contribution in [0, 0.1) is 0 Å². The zero-order valence-corrected chi connectivity index (χ0v) is 13.0. The summed E-state index contributed by atoms with van der Waals surface area (Å²) in [6.45, 7) is 3.01. The molecule has 2 aliphatic rings. The number of thiophene rings is 1. The summed E-state index contributed by atoms with van der Waals surface area (Å²) < 4.78 is 1.92. The van der Waals surface area contributed by atoms with Crippen LogP contribution < -0.4 is 10.2 Å². The Morgan fingerprint density at radius 3 is 3.19 bits per heavy atom. The number of nitrogens with zero attached hydrogens (tertiary/aromatic N) is 3. The molecule has 1 N–H and O–H groups in total. The fraction of sp³-hybridized carbons (Fsp3) is 0.467. The summed E-state index contributed by atoms with van der Waals surface area (Å²) in [5.74, 6) is 1.13. The number of aromatic nitrogens is 2. The van der Waals surface area contributed by atoms with E-state index in [0.29, 0.717) is 0 Å². The largest absolute Gasteiger partial charge is 0.339 e. The van der Waals surface area contributed by atoms with Crippen molar-refractivity contribution in [2.24, 2.45) is 7.05 Å². The maximum absolute atomic E-state index is 12.6. The van der Waals surface area contributed by atoms with Gasteiger partial charge < -0.3 is 10.2 Å². The van der Waals surface area contributed by atoms with E-state index in [1.54, 1.807) is 11.3 Å². The highest BCUT2D eigenvalue weighted by Gasteiger charge is 2.41. The highest BCUT2D eigenvalue weighted by atomic mass is 32.1.